The predicted molar refractivity (Wildman–Crippen MR) is 118 cm³/mol. The van der Waals surface area contributed by atoms with E-state index in [1.807, 2.05) is 5.32 Å². The molecule has 13 heteroatoms. The van der Waals surface area contributed by atoms with Gasteiger partial charge in [0.25, 0.3) is 0 Å². The first-order valence-corrected chi connectivity index (χ1v) is 12.0. The van der Waals surface area contributed by atoms with Crippen molar-refractivity contribution in [3.63, 3.8) is 0 Å². The number of hydrogen-bond donors (Lipinski definition) is 1. The highest BCUT2D eigenvalue weighted by Crippen LogP contribution is 2.37. The van der Waals surface area contributed by atoms with Gasteiger partial charge in [-0.1, -0.05) is 27.7 Å². The lowest BCUT2D eigenvalue weighted by Crippen LogP contribution is -2.59. The van der Waals surface area contributed by atoms with Crippen molar-refractivity contribution in [1.82, 2.24) is 15.1 Å². The topological polar surface area (TPSA) is 96.0 Å². The second-order valence-electron chi connectivity index (χ2n) is 9.90. The molecule has 206 valence electrons. The van der Waals surface area contributed by atoms with Crippen LogP contribution in [0.3, 0.4) is 0 Å². The lowest BCUT2D eigenvalue weighted by molar-refractivity contribution is -0.270. The molecule has 3 atom stereocenters. The number of rotatable bonds is 9. The number of morpholine rings is 1. The molecule has 2 aliphatic heterocycles. The standard InChI is InChI=1S/C23H34F5N3O5/c1-13(2)15(12-17(32)30-8-10-36-11-9-30)21(35)31-7-5-6-16(31)20(34)29-18(14(3)4)19(33)22(24,25)23(26,27)28/h13-16,18H,5-12H2,1-4H3,(H,29,34)/t15?,16-,18-/m0/s1. The number of alkyl halides is 5. The third kappa shape index (κ3) is 6.71. The van der Waals surface area contributed by atoms with Gasteiger partial charge in [0.1, 0.15) is 6.04 Å². The number of carbonyl (C=O) groups is 4. The Bertz CT molecular complexity index is 827. The summed E-state index contributed by atoms with van der Waals surface area (Å²) in [5.41, 5.74) is 0. The molecule has 2 rings (SSSR count). The van der Waals surface area contributed by atoms with Crippen molar-refractivity contribution in [2.24, 2.45) is 17.8 Å². The Kier molecular flexibility index (Phi) is 9.83. The van der Waals surface area contributed by atoms with E-state index in [1.165, 1.54) is 18.7 Å². The van der Waals surface area contributed by atoms with Crippen LogP contribution in [0.4, 0.5) is 22.0 Å². The number of likely N-dealkylation sites (tertiary alicyclic amines) is 1. The summed E-state index contributed by atoms with van der Waals surface area (Å²) >= 11 is 0. The van der Waals surface area contributed by atoms with E-state index in [0.29, 0.717) is 32.7 Å². The Morgan fingerprint density at radius 3 is 2.03 bits per heavy atom. The minimum absolute atomic E-state index is 0.0910. The smallest absolute Gasteiger partial charge is 0.378 e. The number of carbonyl (C=O) groups excluding carboxylic acids is 4. The molecule has 8 nitrogen and oxygen atoms in total. The average Bonchev–Trinajstić information content (AvgIpc) is 3.29. The van der Waals surface area contributed by atoms with Crippen molar-refractivity contribution < 1.29 is 45.9 Å². The average molecular weight is 528 g/mol. The monoisotopic (exact) mass is 527 g/mol. The van der Waals surface area contributed by atoms with Crippen LogP contribution in [-0.4, -0.2) is 90.3 Å². The normalized spacial score (nSPS) is 21.0. The summed E-state index contributed by atoms with van der Waals surface area (Å²) in [5, 5.41) is 2.03. The highest BCUT2D eigenvalue weighted by molar-refractivity contribution is 5.97. The minimum Gasteiger partial charge on any atom is -0.378 e. The van der Waals surface area contributed by atoms with Gasteiger partial charge in [-0.25, -0.2) is 0 Å². The zero-order valence-electron chi connectivity index (χ0n) is 20.9. The SMILES string of the molecule is CC(C)C(CC(=O)N1CCOCC1)C(=O)N1CCC[C@H]1C(=O)N[C@H](C(=O)C(F)(F)C(F)(F)F)C(C)C. The molecule has 0 bridgehead atoms. The van der Waals surface area contributed by atoms with Crippen LogP contribution in [0, 0.1) is 17.8 Å². The van der Waals surface area contributed by atoms with Crippen LogP contribution in [0.2, 0.25) is 0 Å². The van der Waals surface area contributed by atoms with E-state index in [-0.39, 0.29) is 31.2 Å². The highest BCUT2D eigenvalue weighted by Gasteiger charge is 2.64. The van der Waals surface area contributed by atoms with Gasteiger partial charge in [-0.05, 0) is 24.7 Å². The number of ketones is 1. The Labute approximate surface area is 206 Å². The second-order valence-corrected chi connectivity index (χ2v) is 9.90. The Morgan fingerprint density at radius 1 is 0.944 bits per heavy atom. The van der Waals surface area contributed by atoms with Gasteiger partial charge in [0.15, 0.2) is 0 Å². The van der Waals surface area contributed by atoms with Gasteiger partial charge < -0.3 is 19.9 Å². The maximum atomic E-state index is 13.7. The maximum absolute atomic E-state index is 13.7. The Balaban J connectivity index is 2.16. The first kappa shape index (κ1) is 29.9. The zero-order chi connectivity index (χ0) is 27.4. The van der Waals surface area contributed by atoms with Gasteiger partial charge in [0.05, 0.1) is 19.3 Å². The van der Waals surface area contributed by atoms with E-state index in [2.05, 4.69) is 0 Å². The Morgan fingerprint density at radius 2 is 1.53 bits per heavy atom. The van der Waals surface area contributed by atoms with Gasteiger partial charge in [0, 0.05) is 32.0 Å². The number of nitrogens with one attached hydrogen (secondary N) is 1. The van der Waals surface area contributed by atoms with E-state index >= 15 is 0 Å². The van der Waals surface area contributed by atoms with Crippen LogP contribution in [-0.2, 0) is 23.9 Å². The third-order valence-corrected chi connectivity index (χ3v) is 6.63. The maximum Gasteiger partial charge on any atom is 0.461 e. The molecule has 0 aromatic heterocycles. The van der Waals surface area contributed by atoms with Gasteiger partial charge in [0.2, 0.25) is 23.5 Å². The fraction of sp³-hybridized carbons (Fsp3) is 0.826. The molecule has 3 amide bonds. The first-order valence-electron chi connectivity index (χ1n) is 12.0. The quantitative estimate of drug-likeness (QED) is 0.465. The number of nitrogens with zero attached hydrogens (tertiary/aromatic N) is 2. The van der Waals surface area contributed by atoms with Gasteiger partial charge >= 0.3 is 12.1 Å². The second kappa shape index (κ2) is 11.8. The van der Waals surface area contributed by atoms with Crippen LogP contribution >= 0.6 is 0 Å². The molecule has 2 aliphatic rings. The van der Waals surface area contributed by atoms with Gasteiger partial charge in [-0.3, -0.25) is 19.2 Å². The molecule has 2 saturated heterocycles. The fourth-order valence-electron chi connectivity index (χ4n) is 4.37. The minimum atomic E-state index is -6.10. The number of ether oxygens (including phenoxy) is 1. The molecular formula is C23H34F5N3O5. The molecule has 0 saturated carbocycles. The molecule has 1 unspecified atom stereocenters. The van der Waals surface area contributed by atoms with E-state index < -0.39 is 53.6 Å². The molecule has 0 aromatic rings. The number of halogens is 5. The highest BCUT2D eigenvalue weighted by atomic mass is 19.4. The summed E-state index contributed by atoms with van der Waals surface area (Å²) in [6.45, 7) is 7.73. The summed E-state index contributed by atoms with van der Waals surface area (Å²) in [6.07, 6.45) is -5.65. The summed E-state index contributed by atoms with van der Waals surface area (Å²) in [4.78, 5) is 54.0. The van der Waals surface area contributed by atoms with E-state index in [1.54, 1.807) is 18.7 Å². The third-order valence-electron chi connectivity index (χ3n) is 6.63. The van der Waals surface area contributed by atoms with Crippen LogP contribution in [0.5, 0.6) is 0 Å². The summed E-state index contributed by atoms with van der Waals surface area (Å²) < 4.78 is 70.9. The van der Waals surface area contributed by atoms with Crippen molar-refractivity contribution in [2.45, 2.75) is 71.1 Å². The van der Waals surface area contributed by atoms with Crippen molar-refractivity contribution in [1.29, 1.82) is 0 Å². The van der Waals surface area contributed by atoms with Crippen molar-refractivity contribution in [3.8, 4) is 0 Å². The molecule has 0 aromatic carbocycles. The van der Waals surface area contributed by atoms with E-state index in [4.69, 9.17) is 4.74 Å². The molecule has 0 radical (unpaired) electrons. The van der Waals surface area contributed by atoms with Crippen LogP contribution < -0.4 is 5.32 Å². The van der Waals surface area contributed by atoms with Crippen molar-refractivity contribution >= 4 is 23.5 Å². The first-order chi connectivity index (χ1) is 16.6. The summed E-state index contributed by atoms with van der Waals surface area (Å²) in [5.74, 6) is -11.9. The molecule has 0 spiro atoms. The van der Waals surface area contributed by atoms with Crippen molar-refractivity contribution in [3.05, 3.63) is 0 Å². The summed E-state index contributed by atoms with van der Waals surface area (Å²) in [6, 6.07) is -3.25. The van der Waals surface area contributed by atoms with E-state index in [0.717, 1.165) is 0 Å². The molecule has 2 fully saturated rings. The van der Waals surface area contributed by atoms with Crippen molar-refractivity contribution in [2.75, 3.05) is 32.8 Å². The largest absolute Gasteiger partial charge is 0.461 e. The van der Waals surface area contributed by atoms with Crippen LogP contribution in [0.15, 0.2) is 0 Å². The fourth-order valence-corrected chi connectivity index (χ4v) is 4.37. The molecule has 36 heavy (non-hydrogen) atoms. The molecular weight excluding hydrogens is 493 g/mol. The van der Waals surface area contributed by atoms with Crippen LogP contribution in [0.1, 0.15) is 47.0 Å². The Hall–Kier alpha value is -2.31. The number of Topliss-reactive ketones (excluding diaryl/α,β-unsaturated/α-hetero) is 1. The zero-order valence-corrected chi connectivity index (χ0v) is 20.9. The summed E-state index contributed by atoms with van der Waals surface area (Å²) in [7, 11) is 0. The van der Waals surface area contributed by atoms with Gasteiger partial charge in [-0.15, -0.1) is 0 Å². The number of hydrogen-bond acceptors (Lipinski definition) is 5. The molecule has 1 N–H and O–H groups in total. The molecule has 0 aliphatic carbocycles. The van der Waals surface area contributed by atoms with E-state index in [9.17, 15) is 41.1 Å². The lowest BCUT2D eigenvalue weighted by Gasteiger charge is -2.33. The molecule has 2 heterocycles. The number of amides is 3. The lowest BCUT2D eigenvalue weighted by atomic mass is 9.90. The van der Waals surface area contributed by atoms with Gasteiger partial charge in [-0.2, -0.15) is 22.0 Å². The predicted octanol–water partition coefficient (Wildman–Crippen LogP) is 2.41. The van der Waals surface area contributed by atoms with Crippen LogP contribution in [0.25, 0.3) is 0 Å².